The lowest BCUT2D eigenvalue weighted by Crippen LogP contribution is -2.20. The molecule has 35 heavy (non-hydrogen) atoms. The Morgan fingerprint density at radius 2 is 1.49 bits per heavy atom. The molecule has 3 aromatic carbocycles. The van der Waals surface area contributed by atoms with E-state index < -0.39 is 0 Å². The number of fused-ring (bicyclic) bond motifs is 1. The summed E-state index contributed by atoms with van der Waals surface area (Å²) in [5.74, 6) is 2.49. The Balaban J connectivity index is 1.57. The van der Waals surface area contributed by atoms with Gasteiger partial charge in [0.25, 0.3) is 0 Å². The highest BCUT2D eigenvalue weighted by atomic mass is 35.5. The van der Waals surface area contributed by atoms with Crippen LogP contribution in [0.2, 0.25) is 5.02 Å². The highest BCUT2D eigenvalue weighted by Crippen LogP contribution is 2.38. The number of rotatable bonds is 6. The van der Waals surface area contributed by atoms with Crippen molar-refractivity contribution in [2.75, 3.05) is 24.9 Å². The molecule has 7 nitrogen and oxygen atoms in total. The third-order valence-electron chi connectivity index (χ3n) is 5.85. The quantitative estimate of drug-likeness (QED) is 0.296. The highest BCUT2D eigenvalue weighted by molar-refractivity contribution is 6.30. The van der Waals surface area contributed by atoms with Crippen molar-refractivity contribution < 1.29 is 19.0 Å². The molecule has 0 aliphatic heterocycles. The number of nitrogens with one attached hydrogen (secondary N) is 2. The van der Waals surface area contributed by atoms with Crippen LogP contribution in [0.5, 0.6) is 23.0 Å². The summed E-state index contributed by atoms with van der Waals surface area (Å²) in [6, 6.07) is 14.1. The molecule has 0 aliphatic carbocycles. The molecule has 0 spiro atoms. The van der Waals surface area contributed by atoms with Gasteiger partial charge in [-0.1, -0.05) is 11.6 Å². The number of aryl methyl sites for hydroxylation is 1. The number of anilines is 2. The minimum absolute atomic E-state index is 0.340. The minimum atomic E-state index is -0.340. The van der Waals surface area contributed by atoms with Gasteiger partial charge in [-0.25, -0.2) is 4.79 Å². The van der Waals surface area contributed by atoms with Crippen LogP contribution >= 0.6 is 11.6 Å². The zero-order valence-corrected chi connectivity index (χ0v) is 20.9. The molecule has 180 valence electrons. The average Bonchev–Trinajstić information content (AvgIpc) is 2.84. The zero-order chi connectivity index (χ0) is 25.1. The van der Waals surface area contributed by atoms with Crippen molar-refractivity contribution in [3.05, 3.63) is 76.4 Å². The van der Waals surface area contributed by atoms with Gasteiger partial charge in [0.15, 0.2) is 11.5 Å². The number of pyridine rings is 1. The number of hydrogen-bond acceptors (Lipinski definition) is 5. The summed E-state index contributed by atoms with van der Waals surface area (Å²) < 4.78 is 17.1. The standard InChI is InChI=1S/C27H26ClN3O4/c1-15-12-18(28)6-7-20(15)30-27(32)31-21-8-9-23(17(3)16(21)2)35-24-10-11-29-22-14-26(34-5)25(33-4)13-19(22)24/h6-14H,1-5H3,(H2,30,31,32). The summed E-state index contributed by atoms with van der Waals surface area (Å²) in [5, 5.41) is 7.18. The van der Waals surface area contributed by atoms with E-state index >= 15 is 0 Å². The molecule has 0 saturated carbocycles. The van der Waals surface area contributed by atoms with Gasteiger partial charge in [0.05, 0.1) is 19.7 Å². The number of aromatic nitrogens is 1. The summed E-state index contributed by atoms with van der Waals surface area (Å²) in [5.41, 5.74) is 4.77. The summed E-state index contributed by atoms with van der Waals surface area (Å²) in [6.45, 7) is 5.77. The lowest BCUT2D eigenvalue weighted by Gasteiger charge is -2.17. The van der Waals surface area contributed by atoms with Gasteiger partial charge in [-0.2, -0.15) is 0 Å². The Morgan fingerprint density at radius 3 is 2.20 bits per heavy atom. The van der Waals surface area contributed by atoms with Gasteiger partial charge >= 0.3 is 6.03 Å². The third kappa shape index (κ3) is 5.10. The van der Waals surface area contributed by atoms with E-state index in [1.165, 1.54) is 0 Å². The number of amides is 2. The summed E-state index contributed by atoms with van der Waals surface area (Å²) in [4.78, 5) is 17.0. The van der Waals surface area contributed by atoms with Gasteiger partial charge in [0, 0.05) is 34.0 Å². The fourth-order valence-corrected chi connectivity index (χ4v) is 3.97. The largest absolute Gasteiger partial charge is 0.493 e. The molecule has 0 aliphatic rings. The van der Waals surface area contributed by atoms with E-state index in [2.05, 4.69) is 15.6 Å². The molecule has 0 atom stereocenters. The molecule has 8 heteroatoms. The molecule has 0 bridgehead atoms. The Hall–Kier alpha value is -3.97. The van der Waals surface area contributed by atoms with Crippen LogP contribution in [0, 0.1) is 20.8 Å². The van der Waals surface area contributed by atoms with E-state index in [1.54, 1.807) is 44.7 Å². The van der Waals surface area contributed by atoms with Gasteiger partial charge < -0.3 is 24.8 Å². The molecule has 0 unspecified atom stereocenters. The first kappa shape index (κ1) is 24.2. The van der Waals surface area contributed by atoms with Crippen LogP contribution in [0.25, 0.3) is 10.9 Å². The Kier molecular flexibility index (Phi) is 6.98. The first-order valence-corrected chi connectivity index (χ1v) is 11.3. The van der Waals surface area contributed by atoms with Crippen molar-refractivity contribution in [2.45, 2.75) is 20.8 Å². The molecular weight excluding hydrogens is 466 g/mol. The monoisotopic (exact) mass is 491 g/mol. The molecular formula is C27H26ClN3O4. The van der Waals surface area contributed by atoms with Crippen molar-refractivity contribution in [1.29, 1.82) is 0 Å². The molecule has 4 rings (SSSR count). The first-order valence-electron chi connectivity index (χ1n) is 10.9. The molecule has 1 heterocycles. The molecule has 4 aromatic rings. The van der Waals surface area contributed by atoms with Crippen LogP contribution in [0.1, 0.15) is 16.7 Å². The summed E-state index contributed by atoms with van der Waals surface area (Å²) in [6.07, 6.45) is 1.69. The van der Waals surface area contributed by atoms with Crippen molar-refractivity contribution in [1.82, 2.24) is 4.98 Å². The molecule has 2 amide bonds. The number of benzene rings is 3. The fourth-order valence-electron chi connectivity index (χ4n) is 3.74. The van der Waals surface area contributed by atoms with E-state index in [0.717, 1.165) is 27.6 Å². The first-order chi connectivity index (χ1) is 16.8. The highest BCUT2D eigenvalue weighted by Gasteiger charge is 2.15. The van der Waals surface area contributed by atoms with Gasteiger partial charge in [0.1, 0.15) is 11.5 Å². The second-order valence-corrected chi connectivity index (χ2v) is 8.47. The zero-order valence-electron chi connectivity index (χ0n) is 20.2. The van der Waals surface area contributed by atoms with Crippen LogP contribution in [0.3, 0.4) is 0 Å². The Morgan fingerprint density at radius 1 is 0.800 bits per heavy atom. The second kappa shape index (κ2) is 10.1. The maximum atomic E-state index is 12.6. The lowest BCUT2D eigenvalue weighted by atomic mass is 10.1. The van der Waals surface area contributed by atoms with E-state index in [4.69, 9.17) is 25.8 Å². The number of carbonyl (C=O) groups excluding carboxylic acids is 1. The van der Waals surface area contributed by atoms with Crippen molar-refractivity contribution >= 4 is 39.9 Å². The fraction of sp³-hybridized carbons (Fsp3) is 0.185. The number of methoxy groups -OCH3 is 2. The maximum Gasteiger partial charge on any atom is 0.323 e. The predicted octanol–water partition coefficient (Wildman–Crippen LogP) is 7.27. The van der Waals surface area contributed by atoms with Crippen LogP contribution < -0.4 is 24.8 Å². The number of carbonyl (C=O) groups is 1. The van der Waals surface area contributed by atoms with E-state index in [-0.39, 0.29) is 6.03 Å². The average molecular weight is 492 g/mol. The third-order valence-corrected chi connectivity index (χ3v) is 6.08. The minimum Gasteiger partial charge on any atom is -0.493 e. The number of urea groups is 1. The molecule has 0 fully saturated rings. The van der Waals surface area contributed by atoms with Crippen LogP contribution in [-0.4, -0.2) is 25.2 Å². The Bertz CT molecular complexity index is 1420. The van der Waals surface area contributed by atoms with Crippen molar-refractivity contribution in [2.24, 2.45) is 0 Å². The topological polar surface area (TPSA) is 81.7 Å². The van der Waals surface area contributed by atoms with Crippen LogP contribution in [-0.2, 0) is 0 Å². The number of nitrogens with zero attached hydrogens (tertiary/aromatic N) is 1. The Labute approximate surface area is 209 Å². The van der Waals surface area contributed by atoms with Gasteiger partial charge in [-0.05, 0) is 79.9 Å². The van der Waals surface area contributed by atoms with E-state index in [0.29, 0.717) is 39.4 Å². The maximum absolute atomic E-state index is 12.6. The van der Waals surface area contributed by atoms with E-state index in [1.807, 2.05) is 45.0 Å². The second-order valence-electron chi connectivity index (χ2n) is 8.04. The molecule has 0 radical (unpaired) electrons. The van der Waals surface area contributed by atoms with Crippen molar-refractivity contribution in [3.8, 4) is 23.0 Å². The van der Waals surface area contributed by atoms with E-state index in [9.17, 15) is 4.79 Å². The molecule has 2 N–H and O–H groups in total. The number of hydrogen-bond donors (Lipinski definition) is 2. The molecule has 0 saturated heterocycles. The number of ether oxygens (including phenoxy) is 3. The number of halogens is 1. The lowest BCUT2D eigenvalue weighted by molar-refractivity contribution is 0.262. The van der Waals surface area contributed by atoms with Crippen LogP contribution in [0.4, 0.5) is 16.2 Å². The van der Waals surface area contributed by atoms with Gasteiger partial charge in [-0.15, -0.1) is 0 Å². The summed E-state index contributed by atoms with van der Waals surface area (Å²) >= 11 is 6.00. The summed E-state index contributed by atoms with van der Waals surface area (Å²) in [7, 11) is 3.17. The predicted molar refractivity (Wildman–Crippen MR) is 140 cm³/mol. The van der Waals surface area contributed by atoms with Crippen molar-refractivity contribution in [3.63, 3.8) is 0 Å². The SMILES string of the molecule is COc1cc2nccc(Oc3ccc(NC(=O)Nc4ccc(Cl)cc4C)c(C)c3C)c2cc1OC. The van der Waals surface area contributed by atoms with Crippen LogP contribution in [0.15, 0.2) is 54.7 Å². The smallest absolute Gasteiger partial charge is 0.323 e. The molecule has 1 aromatic heterocycles. The van der Waals surface area contributed by atoms with Gasteiger partial charge in [0.2, 0.25) is 0 Å². The van der Waals surface area contributed by atoms with Gasteiger partial charge in [-0.3, -0.25) is 4.98 Å². The normalized spacial score (nSPS) is 10.7.